The summed E-state index contributed by atoms with van der Waals surface area (Å²) in [6, 6.07) is 6.27. The predicted molar refractivity (Wildman–Crippen MR) is 119 cm³/mol. The summed E-state index contributed by atoms with van der Waals surface area (Å²) in [4.78, 5) is 38.4. The van der Waals surface area contributed by atoms with Crippen molar-refractivity contribution in [3.8, 4) is 0 Å². The van der Waals surface area contributed by atoms with Crippen LogP contribution in [0.2, 0.25) is 0 Å². The Morgan fingerprint density at radius 3 is 2.39 bits per heavy atom. The third-order valence-electron chi connectivity index (χ3n) is 6.12. The average Bonchev–Trinajstić information content (AvgIpc) is 2.76. The molecule has 0 saturated carbocycles. The second-order valence-electron chi connectivity index (χ2n) is 9.00. The van der Waals surface area contributed by atoms with Crippen LogP contribution in [-0.4, -0.2) is 48.5 Å². The number of carbonyl (C=O) groups excluding carboxylic acids is 3. The quantitative estimate of drug-likeness (QED) is 0.680. The number of likely N-dealkylation sites (tertiary alicyclic amines) is 1. The van der Waals surface area contributed by atoms with E-state index >= 15 is 0 Å². The maximum atomic E-state index is 12.4. The Morgan fingerprint density at radius 1 is 1.03 bits per heavy atom. The lowest BCUT2D eigenvalue weighted by Gasteiger charge is -2.31. The van der Waals surface area contributed by atoms with Gasteiger partial charge in [-0.1, -0.05) is 18.2 Å². The molecule has 1 fully saturated rings. The molecule has 3 amide bonds. The number of amides is 3. The van der Waals surface area contributed by atoms with Gasteiger partial charge in [-0.15, -0.1) is 0 Å². The van der Waals surface area contributed by atoms with Crippen LogP contribution in [-0.2, 0) is 27.2 Å². The van der Waals surface area contributed by atoms with Crippen LogP contribution in [0.1, 0.15) is 69.2 Å². The predicted octanol–water partition coefficient (Wildman–Crippen LogP) is 3.12. The van der Waals surface area contributed by atoms with E-state index in [1.807, 2.05) is 20.8 Å². The first-order valence-corrected chi connectivity index (χ1v) is 11.5. The molecule has 0 radical (unpaired) electrons. The highest BCUT2D eigenvalue weighted by molar-refractivity contribution is 5.82. The third-order valence-corrected chi connectivity index (χ3v) is 6.12. The number of aryl methyl sites for hydroxylation is 2. The Kier molecular flexibility index (Phi) is 7.93. The Morgan fingerprint density at radius 2 is 1.71 bits per heavy atom. The van der Waals surface area contributed by atoms with Gasteiger partial charge in [0.25, 0.3) is 5.91 Å². The van der Waals surface area contributed by atoms with Crippen molar-refractivity contribution in [1.82, 2.24) is 15.5 Å². The van der Waals surface area contributed by atoms with E-state index in [1.165, 1.54) is 24.0 Å². The van der Waals surface area contributed by atoms with Crippen molar-refractivity contribution in [3.05, 3.63) is 34.9 Å². The number of nitrogens with zero attached hydrogens (tertiary/aromatic N) is 1. The van der Waals surface area contributed by atoms with Gasteiger partial charge in [0.2, 0.25) is 0 Å². The molecule has 3 rings (SSSR count). The molecule has 1 aromatic carbocycles. The number of nitrogens with one attached hydrogen (secondary N) is 2. The molecule has 1 aromatic rings. The number of hydrogen-bond donors (Lipinski definition) is 2. The van der Waals surface area contributed by atoms with E-state index in [4.69, 9.17) is 4.74 Å². The molecule has 0 unspecified atom stereocenters. The number of fused-ring (bicyclic) bond motifs is 1. The van der Waals surface area contributed by atoms with Crippen LogP contribution in [0.15, 0.2) is 18.2 Å². The summed E-state index contributed by atoms with van der Waals surface area (Å²) in [5.74, 6) is -0.929. The standard InChI is InChI=1S/C24H35N3O4/c1-16(2)25-24(30)27-12-10-19(11-13-27)23(29)31-15-22(28)26-17(3)20-9-8-18-6-4-5-7-21(18)14-20/h8-9,14,16-17,19H,4-7,10-13,15H2,1-3H3,(H,25,30)(H,26,28)/t17-/m0/s1. The van der Waals surface area contributed by atoms with Crippen molar-refractivity contribution in [3.63, 3.8) is 0 Å². The van der Waals surface area contributed by atoms with Gasteiger partial charge in [0.15, 0.2) is 6.61 Å². The minimum atomic E-state index is -0.361. The van der Waals surface area contributed by atoms with Gasteiger partial charge in [0, 0.05) is 19.1 Å². The van der Waals surface area contributed by atoms with E-state index in [1.54, 1.807) is 4.90 Å². The minimum absolute atomic E-state index is 0.0809. The van der Waals surface area contributed by atoms with Gasteiger partial charge in [-0.2, -0.15) is 0 Å². The number of urea groups is 1. The average molecular weight is 430 g/mol. The van der Waals surface area contributed by atoms with E-state index in [2.05, 4.69) is 28.8 Å². The molecule has 7 nitrogen and oxygen atoms in total. The second kappa shape index (κ2) is 10.6. The Bertz CT molecular complexity index is 800. The lowest BCUT2D eigenvalue weighted by Crippen LogP contribution is -2.47. The second-order valence-corrected chi connectivity index (χ2v) is 9.00. The SMILES string of the molecule is CC(C)NC(=O)N1CCC(C(=O)OCC(=O)N[C@@H](C)c2ccc3c(c2)CCCC3)CC1. The molecule has 31 heavy (non-hydrogen) atoms. The van der Waals surface area contributed by atoms with Gasteiger partial charge in [0.1, 0.15) is 0 Å². The highest BCUT2D eigenvalue weighted by Crippen LogP contribution is 2.25. The van der Waals surface area contributed by atoms with Gasteiger partial charge in [-0.3, -0.25) is 9.59 Å². The first kappa shape index (κ1) is 23.1. The molecule has 170 valence electrons. The number of ether oxygens (including phenoxy) is 1. The Labute approximate surface area is 184 Å². The van der Waals surface area contributed by atoms with Crippen LogP contribution in [0.3, 0.4) is 0 Å². The van der Waals surface area contributed by atoms with Crippen LogP contribution in [0.5, 0.6) is 0 Å². The summed E-state index contributed by atoms with van der Waals surface area (Å²) in [5.41, 5.74) is 3.87. The van der Waals surface area contributed by atoms with Gasteiger partial charge >= 0.3 is 12.0 Å². The molecule has 2 N–H and O–H groups in total. The molecule has 1 saturated heterocycles. The van der Waals surface area contributed by atoms with Crippen molar-refractivity contribution in [1.29, 1.82) is 0 Å². The maximum Gasteiger partial charge on any atom is 0.317 e. The lowest BCUT2D eigenvalue weighted by molar-refractivity contribution is -0.154. The van der Waals surface area contributed by atoms with Crippen molar-refractivity contribution in [2.24, 2.45) is 5.92 Å². The summed E-state index contributed by atoms with van der Waals surface area (Å²) in [6.07, 6.45) is 5.80. The molecular formula is C24H35N3O4. The fourth-order valence-corrected chi connectivity index (χ4v) is 4.30. The fourth-order valence-electron chi connectivity index (χ4n) is 4.30. The van der Waals surface area contributed by atoms with Crippen molar-refractivity contribution in [2.75, 3.05) is 19.7 Å². The van der Waals surface area contributed by atoms with Crippen LogP contribution in [0.4, 0.5) is 4.79 Å². The molecule has 1 aliphatic carbocycles. The summed E-state index contributed by atoms with van der Waals surface area (Å²) in [6.45, 7) is 6.53. The zero-order valence-electron chi connectivity index (χ0n) is 18.9. The number of hydrogen-bond acceptors (Lipinski definition) is 4. The number of rotatable bonds is 6. The summed E-state index contributed by atoms with van der Waals surface area (Å²) >= 11 is 0. The molecule has 2 aliphatic rings. The van der Waals surface area contributed by atoms with E-state index in [9.17, 15) is 14.4 Å². The monoisotopic (exact) mass is 429 g/mol. The first-order valence-electron chi connectivity index (χ1n) is 11.5. The first-order chi connectivity index (χ1) is 14.8. The number of benzene rings is 1. The van der Waals surface area contributed by atoms with Crippen molar-refractivity contribution >= 4 is 17.9 Å². The third kappa shape index (κ3) is 6.45. The molecule has 0 spiro atoms. The maximum absolute atomic E-state index is 12.4. The summed E-state index contributed by atoms with van der Waals surface area (Å²) in [7, 11) is 0. The van der Waals surface area contributed by atoms with Gasteiger partial charge in [0.05, 0.1) is 12.0 Å². The number of esters is 1. The van der Waals surface area contributed by atoms with E-state index in [0.717, 1.165) is 18.4 Å². The van der Waals surface area contributed by atoms with Crippen molar-refractivity contribution < 1.29 is 19.1 Å². The fraction of sp³-hybridized carbons (Fsp3) is 0.625. The molecule has 0 aromatic heterocycles. The summed E-state index contributed by atoms with van der Waals surface area (Å²) in [5, 5.41) is 5.79. The zero-order valence-corrected chi connectivity index (χ0v) is 18.9. The minimum Gasteiger partial charge on any atom is -0.455 e. The smallest absolute Gasteiger partial charge is 0.317 e. The highest BCUT2D eigenvalue weighted by Gasteiger charge is 2.29. The van der Waals surface area contributed by atoms with Crippen LogP contribution in [0.25, 0.3) is 0 Å². The van der Waals surface area contributed by atoms with Crippen molar-refractivity contribution in [2.45, 2.75) is 71.4 Å². The van der Waals surface area contributed by atoms with Crippen LogP contribution >= 0.6 is 0 Å². The van der Waals surface area contributed by atoms with E-state index in [0.29, 0.717) is 25.9 Å². The Hall–Kier alpha value is -2.57. The van der Waals surface area contributed by atoms with Crippen LogP contribution < -0.4 is 10.6 Å². The highest BCUT2D eigenvalue weighted by atomic mass is 16.5. The zero-order chi connectivity index (χ0) is 22.4. The van der Waals surface area contributed by atoms with Gasteiger partial charge in [-0.05, 0) is 76.0 Å². The largest absolute Gasteiger partial charge is 0.455 e. The topological polar surface area (TPSA) is 87.7 Å². The van der Waals surface area contributed by atoms with Gasteiger partial charge < -0.3 is 20.3 Å². The van der Waals surface area contributed by atoms with Crippen LogP contribution in [0, 0.1) is 5.92 Å². The normalized spacial score (nSPS) is 17.6. The molecule has 1 atom stereocenters. The van der Waals surface area contributed by atoms with E-state index < -0.39 is 0 Å². The Balaban J connectivity index is 1.40. The lowest BCUT2D eigenvalue weighted by atomic mass is 9.89. The van der Waals surface area contributed by atoms with Gasteiger partial charge in [-0.25, -0.2) is 4.79 Å². The van der Waals surface area contributed by atoms with E-state index in [-0.39, 0.29) is 42.5 Å². The molecule has 0 bridgehead atoms. The number of carbonyl (C=O) groups is 3. The molecule has 7 heteroatoms. The molecular weight excluding hydrogens is 394 g/mol. The summed E-state index contributed by atoms with van der Waals surface area (Å²) < 4.78 is 5.26. The number of piperidine rings is 1. The molecule has 1 heterocycles. The molecule has 1 aliphatic heterocycles.